The van der Waals surface area contributed by atoms with Crippen LogP contribution in [0, 0.1) is 5.92 Å². The van der Waals surface area contributed by atoms with Gasteiger partial charge in [-0.3, -0.25) is 0 Å². The molecule has 0 saturated heterocycles. The molecule has 1 aromatic carbocycles. The number of halogens is 1. The Balaban J connectivity index is 1.86. The van der Waals surface area contributed by atoms with Crippen LogP contribution in [0.5, 0.6) is 0 Å². The van der Waals surface area contributed by atoms with Crippen molar-refractivity contribution in [3.63, 3.8) is 0 Å². The van der Waals surface area contributed by atoms with E-state index in [2.05, 4.69) is 58.3 Å². The number of benzene rings is 1. The molecule has 1 atom stereocenters. The fourth-order valence-corrected chi connectivity index (χ4v) is 3.33. The molecule has 1 aromatic heterocycles. The third-order valence-corrected chi connectivity index (χ3v) is 4.46. The van der Waals surface area contributed by atoms with Gasteiger partial charge in [0, 0.05) is 27.1 Å². The summed E-state index contributed by atoms with van der Waals surface area (Å²) in [5.41, 5.74) is 4.23. The molecular formula is C16H21BrN2. The lowest BCUT2D eigenvalue weighted by molar-refractivity contribution is 0.424. The summed E-state index contributed by atoms with van der Waals surface area (Å²) in [6.07, 6.45) is 3.56. The van der Waals surface area contributed by atoms with Gasteiger partial charge in [0.15, 0.2) is 0 Å². The van der Waals surface area contributed by atoms with Crippen LogP contribution in [0.4, 0.5) is 0 Å². The van der Waals surface area contributed by atoms with Gasteiger partial charge >= 0.3 is 0 Å². The second kappa shape index (κ2) is 5.29. The third kappa shape index (κ3) is 2.72. The van der Waals surface area contributed by atoms with E-state index in [9.17, 15) is 0 Å². The monoisotopic (exact) mass is 320 g/mol. The summed E-state index contributed by atoms with van der Waals surface area (Å²) in [5, 5.41) is 5.09. The van der Waals surface area contributed by atoms with E-state index in [1.165, 1.54) is 33.1 Å². The van der Waals surface area contributed by atoms with Crippen LogP contribution in [-0.4, -0.2) is 17.6 Å². The molecule has 102 valence electrons. The molecule has 0 amide bonds. The quantitative estimate of drug-likeness (QED) is 0.877. The highest BCUT2D eigenvalue weighted by Crippen LogP contribution is 2.31. The van der Waals surface area contributed by atoms with Gasteiger partial charge in [0.1, 0.15) is 0 Å². The summed E-state index contributed by atoms with van der Waals surface area (Å²) < 4.78 is 1.17. The Labute approximate surface area is 123 Å². The molecule has 0 fully saturated rings. The van der Waals surface area contributed by atoms with Gasteiger partial charge in [0.05, 0.1) is 0 Å². The van der Waals surface area contributed by atoms with E-state index in [1.807, 2.05) is 0 Å². The van der Waals surface area contributed by atoms with Gasteiger partial charge in [-0.25, -0.2) is 0 Å². The van der Waals surface area contributed by atoms with E-state index in [-0.39, 0.29) is 0 Å². The number of hydrogen-bond donors (Lipinski definition) is 2. The highest BCUT2D eigenvalue weighted by atomic mass is 79.9. The molecule has 1 aliphatic rings. The zero-order valence-corrected chi connectivity index (χ0v) is 13.2. The molecule has 0 saturated carbocycles. The zero-order chi connectivity index (χ0) is 13.4. The SMILES string of the molecule is CC(C)CN[C@@H]1CCc2[nH]c3ccc(Br)cc3c2C1. The molecule has 0 spiro atoms. The molecule has 2 aromatic rings. The highest BCUT2D eigenvalue weighted by molar-refractivity contribution is 9.10. The Morgan fingerprint density at radius 1 is 1.42 bits per heavy atom. The maximum absolute atomic E-state index is 3.71. The van der Waals surface area contributed by atoms with Gasteiger partial charge < -0.3 is 10.3 Å². The minimum absolute atomic E-state index is 0.632. The zero-order valence-electron chi connectivity index (χ0n) is 11.6. The maximum atomic E-state index is 3.71. The van der Waals surface area contributed by atoms with E-state index in [4.69, 9.17) is 0 Å². The lowest BCUT2D eigenvalue weighted by Gasteiger charge is -2.24. The van der Waals surface area contributed by atoms with Crippen LogP contribution in [0.3, 0.4) is 0 Å². The molecule has 0 unspecified atom stereocenters. The van der Waals surface area contributed by atoms with Gasteiger partial charge in [-0.2, -0.15) is 0 Å². The Morgan fingerprint density at radius 2 is 2.26 bits per heavy atom. The molecule has 2 N–H and O–H groups in total. The van der Waals surface area contributed by atoms with Crippen LogP contribution in [0.15, 0.2) is 22.7 Å². The van der Waals surface area contributed by atoms with Gasteiger partial charge in [-0.05, 0) is 55.5 Å². The van der Waals surface area contributed by atoms with Gasteiger partial charge in [-0.15, -0.1) is 0 Å². The topological polar surface area (TPSA) is 27.8 Å². The van der Waals surface area contributed by atoms with Crippen LogP contribution >= 0.6 is 15.9 Å². The molecule has 3 heteroatoms. The number of rotatable bonds is 3. The van der Waals surface area contributed by atoms with Gasteiger partial charge in [0.25, 0.3) is 0 Å². The minimum Gasteiger partial charge on any atom is -0.358 e. The Hall–Kier alpha value is -0.800. The molecule has 2 nitrogen and oxygen atoms in total. The number of aromatic amines is 1. The van der Waals surface area contributed by atoms with Crippen molar-refractivity contribution in [3.8, 4) is 0 Å². The third-order valence-electron chi connectivity index (χ3n) is 3.96. The number of aryl methyl sites for hydroxylation is 1. The lowest BCUT2D eigenvalue weighted by atomic mass is 9.91. The Kier molecular flexibility index (Phi) is 3.68. The van der Waals surface area contributed by atoms with Crippen molar-refractivity contribution in [2.24, 2.45) is 5.92 Å². The molecule has 1 aliphatic carbocycles. The standard InChI is InChI=1S/C16H21BrN2/c1-10(2)9-18-12-4-6-16-14(8-12)13-7-11(17)3-5-15(13)19-16/h3,5,7,10,12,18-19H,4,6,8-9H2,1-2H3/t12-/m1/s1. The summed E-state index contributed by atoms with van der Waals surface area (Å²) in [4.78, 5) is 3.58. The number of fused-ring (bicyclic) bond motifs is 3. The molecule has 0 radical (unpaired) electrons. The van der Waals surface area contributed by atoms with E-state index >= 15 is 0 Å². The fraction of sp³-hybridized carbons (Fsp3) is 0.500. The number of H-pyrrole nitrogens is 1. The van der Waals surface area contributed by atoms with Crippen LogP contribution in [-0.2, 0) is 12.8 Å². The highest BCUT2D eigenvalue weighted by Gasteiger charge is 2.22. The molecule has 3 rings (SSSR count). The Bertz CT molecular complexity index is 586. The van der Waals surface area contributed by atoms with Gasteiger partial charge in [0.2, 0.25) is 0 Å². The maximum Gasteiger partial charge on any atom is 0.0459 e. The molecular weight excluding hydrogens is 300 g/mol. The normalized spacial score (nSPS) is 19.1. The Morgan fingerprint density at radius 3 is 3.05 bits per heavy atom. The predicted octanol–water partition coefficient (Wildman–Crippen LogP) is 4.03. The van der Waals surface area contributed by atoms with Crippen molar-refractivity contribution in [3.05, 3.63) is 33.9 Å². The van der Waals surface area contributed by atoms with E-state index in [0.717, 1.165) is 25.3 Å². The average Bonchev–Trinajstić information content (AvgIpc) is 2.74. The first-order chi connectivity index (χ1) is 9.13. The first-order valence-electron chi connectivity index (χ1n) is 7.16. The van der Waals surface area contributed by atoms with Crippen LogP contribution in [0.25, 0.3) is 10.9 Å². The second-order valence-corrected chi connectivity index (χ2v) is 6.93. The lowest BCUT2D eigenvalue weighted by Crippen LogP contribution is -2.36. The summed E-state index contributed by atoms with van der Waals surface area (Å²) in [6, 6.07) is 7.16. The predicted molar refractivity (Wildman–Crippen MR) is 84.7 cm³/mol. The van der Waals surface area contributed by atoms with Crippen molar-refractivity contribution in [2.45, 2.75) is 39.2 Å². The molecule has 1 heterocycles. The summed E-state index contributed by atoms with van der Waals surface area (Å²) >= 11 is 3.58. The number of aromatic nitrogens is 1. The number of hydrogen-bond acceptors (Lipinski definition) is 1. The van der Waals surface area contributed by atoms with Crippen molar-refractivity contribution in [1.82, 2.24) is 10.3 Å². The fourth-order valence-electron chi connectivity index (χ4n) is 2.97. The van der Waals surface area contributed by atoms with Crippen LogP contribution in [0.1, 0.15) is 31.5 Å². The first kappa shape index (κ1) is 13.2. The van der Waals surface area contributed by atoms with Crippen LogP contribution < -0.4 is 5.32 Å². The number of nitrogens with one attached hydrogen (secondary N) is 2. The van der Waals surface area contributed by atoms with Crippen molar-refractivity contribution in [2.75, 3.05) is 6.54 Å². The molecule has 19 heavy (non-hydrogen) atoms. The van der Waals surface area contributed by atoms with E-state index in [0.29, 0.717) is 6.04 Å². The molecule has 0 aliphatic heterocycles. The smallest absolute Gasteiger partial charge is 0.0459 e. The van der Waals surface area contributed by atoms with Crippen molar-refractivity contribution >= 4 is 26.8 Å². The van der Waals surface area contributed by atoms with Gasteiger partial charge in [-0.1, -0.05) is 29.8 Å². The summed E-state index contributed by atoms with van der Waals surface area (Å²) in [5.74, 6) is 0.721. The largest absolute Gasteiger partial charge is 0.358 e. The van der Waals surface area contributed by atoms with Crippen molar-refractivity contribution in [1.29, 1.82) is 0 Å². The average molecular weight is 321 g/mol. The molecule has 0 bridgehead atoms. The summed E-state index contributed by atoms with van der Waals surface area (Å²) in [7, 11) is 0. The second-order valence-electron chi connectivity index (χ2n) is 6.01. The van der Waals surface area contributed by atoms with E-state index in [1.54, 1.807) is 0 Å². The summed E-state index contributed by atoms with van der Waals surface area (Å²) in [6.45, 7) is 5.65. The van der Waals surface area contributed by atoms with Crippen molar-refractivity contribution < 1.29 is 0 Å². The van der Waals surface area contributed by atoms with Crippen LogP contribution in [0.2, 0.25) is 0 Å². The minimum atomic E-state index is 0.632. The van der Waals surface area contributed by atoms with E-state index < -0.39 is 0 Å². The first-order valence-corrected chi connectivity index (χ1v) is 7.95.